The van der Waals surface area contributed by atoms with Crippen LogP contribution >= 0.6 is 0 Å². The van der Waals surface area contributed by atoms with Crippen molar-refractivity contribution in [1.29, 1.82) is 0 Å². The van der Waals surface area contributed by atoms with Crippen molar-refractivity contribution in [2.24, 2.45) is 0 Å². The Morgan fingerprint density at radius 1 is 1.19 bits per heavy atom. The molecule has 7 nitrogen and oxygen atoms in total. The monoisotopic (exact) mass is 373 g/mol. The molecule has 8 heteroatoms. The Balaban J connectivity index is 1.62. The summed E-state index contributed by atoms with van der Waals surface area (Å²) in [5.41, 5.74) is 0.437. The molecule has 2 amide bonds. The Hall–Kier alpha value is -2.77. The van der Waals surface area contributed by atoms with Crippen LogP contribution in [0.5, 0.6) is 0 Å². The molecule has 0 atom stereocenters. The average molecular weight is 373 g/mol. The first-order chi connectivity index (χ1) is 13.0. The van der Waals surface area contributed by atoms with Crippen LogP contribution in [0.25, 0.3) is 0 Å². The summed E-state index contributed by atoms with van der Waals surface area (Å²) >= 11 is 0. The number of nitrogens with zero attached hydrogens (tertiary/aromatic N) is 5. The van der Waals surface area contributed by atoms with Gasteiger partial charge in [-0.05, 0) is 38.8 Å². The van der Waals surface area contributed by atoms with Crippen LogP contribution in [0.3, 0.4) is 0 Å². The molecule has 0 aliphatic carbocycles. The van der Waals surface area contributed by atoms with Crippen LogP contribution < -0.4 is 0 Å². The van der Waals surface area contributed by atoms with Gasteiger partial charge in [-0.25, -0.2) is 9.07 Å². The molecule has 0 unspecified atom stereocenters. The number of hydrogen-bond donors (Lipinski definition) is 0. The fourth-order valence-electron chi connectivity index (χ4n) is 3.36. The molecule has 0 saturated carbocycles. The van der Waals surface area contributed by atoms with Gasteiger partial charge in [0.2, 0.25) is 0 Å². The minimum Gasteiger partial charge on any atom is -0.338 e. The van der Waals surface area contributed by atoms with Crippen LogP contribution in [0.15, 0.2) is 30.5 Å². The first-order valence-electron chi connectivity index (χ1n) is 9.30. The third-order valence-corrected chi connectivity index (χ3v) is 5.01. The zero-order valence-corrected chi connectivity index (χ0v) is 15.6. The summed E-state index contributed by atoms with van der Waals surface area (Å²) in [5.74, 6) is -0.915. The molecule has 0 spiro atoms. The Bertz CT molecular complexity index is 810. The van der Waals surface area contributed by atoms with Crippen molar-refractivity contribution < 1.29 is 14.0 Å². The highest BCUT2D eigenvalue weighted by atomic mass is 19.1. The van der Waals surface area contributed by atoms with E-state index in [2.05, 4.69) is 10.3 Å². The lowest BCUT2D eigenvalue weighted by molar-refractivity contribution is 0.0684. The zero-order valence-electron chi connectivity index (χ0n) is 15.6. The van der Waals surface area contributed by atoms with E-state index in [9.17, 15) is 14.0 Å². The largest absolute Gasteiger partial charge is 0.338 e. The molecule has 1 aliphatic rings. The Morgan fingerprint density at radius 3 is 2.48 bits per heavy atom. The molecule has 1 aliphatic heterocycles. The van der Waals surface area contributed by atoms with Crippen molar-refractivity contribution in [2.75, 3.05) is 26.2 Å². The topological polar surface area (TPSA) is 71.3 Å². The summed E-state index contributed by atoms with van der Waals surface area (Å²) in [6, 6.07) is 6.10. The number of carbonyl (C=O) groups excluding carboxylic acids is 2. The lowest BCUT2D eigenvalue weighted by atomic mass is 10.0. The van der Waals surface area contributed by atoms with Crippen molar-refractivity contribution >= 4 is 11.8 Å². The maximum Gasteiger partial charge on any atom is 0.276 e. The number of halogens is 1. The number of amides is 2. The van der Waals surface area contributed by atoms with Crippen molar-refractivity contribution in [1.82, 2.24) is 24.8 Å². The summed E-state index contributed by atoms with van der Waals surface area (Å²) in [4.78, 5) is 28.2. The summed E-state index contributed by atoms with van der Waals surface area (Å²) in [7, 11) is 0. The molecule has 144 valence electrons. The molecule has 3 rings (SSSR count). The first-order valence-corrected chi connectivity index (χ1v) is 9.30. The van der Waals surface area contributed by atoms with E-state index in [1.54, 1.807) is 32.8 Å². The standard InChI is InChI=1S/C19H24FN5O2/c1-3-23(4-2)19(27)17-13-25(22-21-17)14-9-11-24(12-10-14)18(26)15-7-5-6-8-16(15)20/h5-8,13-14H,3-4,9-12H2,1-2H3. The first kappa shape index (κ1) is 19.0. The molecule has 27 heavy (non-hydrogen) atoms. The molecular weight excluding hydrogens is 349 g/mol. The predicted octanol–water partition coefficient (Wildman–Crippen LogP) is 2.38. The van der Waals surface area contributed by atoms with Gasteiger partial charge in [0.1, 0.15) is 5.82 Å². The van der Waals surface area contributed by atoms with E-state index >= 15 is 0 Å². The van der Waals surface area contributed by atoms with E-state index in [-0.39, 0.29) is 23.4 Å². The van der Waals surface area contributed by atoms with Gasteiger partial charge in [-0.15, -0.1) is 5.10 Å². The molecule has 2 aromatic rings. The number of likely N-dealkylation sites (tertiary alicyclic amines) is 1. The third kappa shape index (κ3) is 3.99. The normalized spacial score (nSPS) is 15.0. The van der Waals surface area contributed by atoms with Gasteiger partial charge in [0, 0.05) is 26.2 Å². The number of carbonyl (C=O) groups is 2. The number of aromatic nitrogens is 3. The van der Waals surface area contributed by atoms with Crippen molar-refractivity contribution in [3.05, 3.63) is 47.5 Å². The van der Waals surface area contributed by atoms with Gasteiger partial charge < -0.3 is 9.80 Å². The molecule has 1 aromatic carbocycles. The molecule has 0 radical (unpaired) electrons. The smallest absolute Gasteiger partial charge is 0.276 e. The van der Waals surface area contributed by atoms with E-state index in [0.717, 1.165) is 0 Å². The van der Waals surface area contributed by atoms with Crippen molar-refractivity contribution in [3.8, 4) is 0 Å². The van der Waals surface area contributed by atoms with Gasteiger partial charge in [0.25, 0.3) is 11.8 Å². The minimum absolute atomic E-state index is 0.0698. The van der Waals surface area contributed by atoms with Gasteiger partial charge in [-0.3, -0.25) is 9.59 Å². The Kier molecular flexibility index (Phi) is 5.83. The highest BCUT2D eigenvalue weighted by molar-refractivity contribution is 5.94. The summed E-state index contributed by atoms with van der Waals surface area (Å²) in [6.45, 7) is 6.12. The number of rotatable bonds is 5. The maximum atomic E-state index is 13.8. The molecule has 2 heterocycles. The van der Waals surface area contributed by atoms with Crippen LogP contribution in [0.2, 0.25) is 0 Å². The fraction of sp³-hybridized carbons (Fsp3) is 0.474. The van der Waals surface area contributed by atoms with E-state index < -0.39 is 5.82 Å². The predicted molar refractivity (Wildman–Crippen MR) is 97.8 cm³/mol. The number of benzene rings is 1. The van der Waals surface area contributed by atoms with Crippen LogP contribution in [0, 0.1) is 5.82 Å². The zero-order chi connectivity index (χ0) is 19.4. The fourth-order valence-corrected chi connectivity index (χ4v) is 3.36. The molecular formula is C19H24FN5O2. The van der Waals surface area contributed by atoms with Gasteiger partial charge in [0.05, 0.1) is 17.8 Å². The Morgan fingerprint density at radius 2 is 1.85 bits per heavy atom. The van der Waals surface area contributed by atoms with E-state index in [0.29, 0.717) is 44.7 Å². The highest BCUT2D eigenvalue weighted by Crippen LogP contribution is 2.23. The van der Waals surface area contributed by atoms with E-state index in [1.807, 2.05) is 13.8 Å². The van der Waals surface area contributed by atoms with E-state index in [4.69, 9.17) is 0 Å². The van der Waals surface area contributed by atoms with Gasteiger partial charge in [-0.2, -0.15) is 0 Å². The second-order valence-electron chi connectivity index (χ2n) is 6.56. The summed E-state index contributed by atoms with van der Waals surface area (Å²) < 4.78 is 15.5. The second-order valence-corrected chi connectivity index (χ2v) is 6.56. The quantitative estimate of drug-likeness (QED) is 0.807. The molecule has 1 fully saturated rings. The maximum absolute atomic E-state index is 13.8. The van der Waals surface area contributed by atoms with Crippen LogP contribution in [0.1, 0.15) is 53.6 Å². The Labute approximate surface area is 157 Å². The van der Waals surface area contributed by atoms with Crippen LogP contribution in [-0.2, 0) is 0 Å². The SMILES string of the molecule is CCN(CC)C(=O)c1cn(C2CCN(C(=O)c3ccccc3F)CC2)nn1. The second kappa shape index (κ2) is 8.28. The van der Waals surface area contributed by atoms with Gasteiger partial charge in [-0.1, -0.05) is 17.3 Å². The highest BCUT2D eigenvalue weighted by Gasteiger charge is 2.27. The van der Waals surface area contributed by atoms with Gasteiger partial charge in [0.15, 0.2) is 5.69 Å². The van der Waals surface area contributed by atoms with Crippen molar-refractivity contribution in [2.45, 2.75) is 32.7 Å². The molecule has 1 saturated heterocycles. The van der Waals surface area contributed by atoms with Crippen LogP contribution in [0.4, 0.5) is 4.39 Å². The number of hydrogen-bond acceptors (Lipinski definition) is 4. The lowest BCUT2D eigenvalue weighted by Crippen LogP contribution is -2.39. The van der Waals surface area contributed by atoms with E-state index in [1.165, 1.54) is 12.1 Å². The molecule has 1 aromatic heterocycles. The lowest BCUT2D eigenvalue weighted by Gasteiger charge is -2.32. The average Bonchev–Trinajstić information content (AvgIpc) is 3.19. The summed E-state index contributed by atoms with van der Waals surface area (Å²) in [6.07, 6.45) is 3.05. The van der Waals surface area contributed by atoms with Crippen LogP contribution in [-0.4, -0.2) is 62.8 Å². The minimum atomic E-state index is -0.500. The third-order valence-electron chi connectivity index (χ3n) is 5.01. The van der Waals surface area contributed by atoms with Crippen molar-refractivity contribution in [3.63, 3.8) is 0 Å². The number of piperidine rings is 1. The molecule has 0 N–H and O–H groups in total. The summed E-state index contributed by atoms with van der Waals surface area (Å²) in [5, 5.41) is 8.12. The molecule has 0 bridgehead atoms. The van der Waals surface area contributed by atoms with Gasteiger partial charge >= 0.3 is 0 Å².